The van der Waals surface area contributed by atoms with Gasteiger partial charge in [0, 0.05) is 25.0 Å². The van der Waals surface area contributed by atoms with Gasteiger partial charge in [-0.05, 0) is 35.7 Å². The highest BCUT2D eigenvalue weighted by molar-refractivity contribution is 7.94. The average molecular weight is 312 g/mol. The van der Waals surface area contributed by atoms with Crippen LogP contribution >= 0.6 is 11.3 Å². The summed E-state index contributed by atoms with van der Waals surface area (Å²) in [7, 11) is -1.83. The number of nitrogens with one attached hydrogen (secondary N) is 2. The number of hydrogen-bond acceptors (Lipinski definition) is 5. The second kappa shape index (κ2) is 6.74. The molecule has 1 aromatic heterocycles. The van der Waals surface area contributed by atoms with Gasteiger partial charge in [-0.3, -0.25) is 4.72 Å². The Morgan fingerprint density at radius 3 is 2.45 bits per heavy atom. The van der Waals surface area contributed by atoms with Gasteiger partial charge in [0.25, 0.3) is 10.0 Å². The van der Waals surface area contributed by atoms with Crippen molar-refractivity contribution >= 4 is 32.7 Å². The summed E-state index contributed by atoms with van der Waals surface area (Å²) in [6.45, 7) is 1.32. The summed E-state index contributed by atoms with van der Waals surface area (Å²) in [5.74, 6) is 0. The van der Waals surface area contributed by atoms with E-state index in [4.69, 9.17) is 4.74 Å². The summed E-state index contributed by atoms with van der Waals surface area (Å²) >= 11 is 1.19. The molecule has 2 rings (SSSR count). The van der Waals surface area contributed by atoms with E-state index in [9.17, 15) is 8.42 Å². The first-order valence-electron chi connectivity index (χ1n) is 6.01. The van der Waals surface area contributed by atoms with Crippen molar-refractivity contribution in [3.05, 3.63) is 41.8 Å². The van der Waals surface area contributed by atoms with Gasteiger partial charge in [-0.15, -0.1) is 11.3 Å². The largest absolute Gasteiger partial charge is 0.383 e. The van der Waals surface area contributed by atoms with Gasteiger partial charge in [-0.2, -0.15) is 0 Å². The van der Waals surface area contributed by atoms with E-state index in [-0.39, 0.29) is 0 Å². The molecular weight excluding hydrogens is 296 g/mol. The van der Waals surface area contributed by atoms with Gasteiger partial charge in [0.15, 0.2) is 0 Å². The topological polar surface area (TPSA) is 67.4 Å². The van der Waals surface area contributed by atoms with Crippen LogP contribution in [0.1, 0.15) is 0 Å². The van der Waals surface area contributed by atoms with Crippen molar-refractivity contribution in [1.82, 2.24) is 0 Å². The normalized spacial score (nSPS) is 11.2. The number of benzene rings is 1. The zero-order valence-electron chi connectivity index (χ0n) is 11.0. The number of rotatable bonds is 7. The van der Waals surface area contributed by atoms with Crippen molar-refractivity contribution in [3.8, 4) is 0 Å². The molecule has 0 unspecified atom stereocenters. The monoisotopic (exact) mass is 312 g/mol. The summed E-state index contributed by atoms with van der Waals surface area (Å²) in [6.07, 6.45) is 0. The molecule has 20 heavy (non-hydrogen) atoms. The van der Waals surface area contributed by atoms with E-state index in [0.29, 0.717) is 23.0 Å². The van der Waals surface area contributed by atoms with Gasteiger partial charge in [-0.25, -0.2) is 8.42 Å². The molecule has 2 aromatic rings. The highest BCUT2D eigenvalue weighted by Gasteiger charge is 2.14. The van der Waals surface area contributed by atoms with Gasteiger partial charge in [0.2, 0.25) is 0 Å². The Balaban J connectivity index is 2.00. The first kappa shape index (κ1) is 14.8. The first-order valence-corrected chi connectivity index (χ1v) is 8.37. The Morgan fingerprint density at radius 2 is 1.85 bits per heavy atom. The molecule has 0 atom stereocenters. The van der Waals surface area contributed by atoms with Crippen LogP contribution < -0.4 is 10.0 Å². The van der Waals surface area contributed by atoms with Crippen LogP contribution in [0, 0.1) is 0 Å². The fourth-order valence-electron chi connectivity index (χ4n) is 1.58. The van der Waals surface area contributed by atoms with E-state index in [2.05, 4.69) is 10.0 Å². The molecule has 7 heteroatoms. The number of ether oxygens (including phenoxy) is 1. The summed E-state index contributed by atoms with van der Waals surface area (Å²) in [5.41, 5.74) is 1.46. The number of thiophene rings is 1. The highest BCUT2D eigenvalue weighted by Crippen LogP contribution is 2.21. The average Bonchev–Trinajstić information content (AvgIpc) is 2.95. The number of sulfonamides is 1. The second-order valence-electron chi connectivity index (χ2n) is 4.03. The van der Waals surface area contributed by atoms with E-state index in [1.54, 1.807) is 36.8 Å². The highest BCUT2D eigenvalue weighted by atomic mass is 32.2. The number of methoxy groups -OCH3 is 1. The van der Waals surface area contributed by atoms with Crippen molar-refractivity contribution in [2.75, 3.05) is 30.3 Å². The Kier molecular flexibility index (Phi) is 4.99. The number of anilines is 2. The molecule has 0 aliphatic rings. The summed E-state index contributed by atoms with van der Waals surface area (Å²) in [5, 5.41) is 4.90. The molecule has 1 aromatic carbocycles. The van der Waals surface area contributed by atoms with E-state index >= 15 is 0 Å². The minimum atomic E-state index is -3.48. The quantitative estimate of drug-likeness (QED) is 0.771. The maximum absolute atomic E-state index is 12.0. The lowest BCUT2D eigenvalue weighted by Gasteiger charge is -2.08. The predicted octanol–water partition coefficient (Wildman–Crippen LogP) is 2.61. The minimum Gasteiger partial charge on any atom is -0.383 e. The van der Waals surface area contributed by atoms with Crippen LogP contribution in [-0.4, -0.2) is 28.7 Å². The molecule has 0 saturated heterocycles. The lowest BCUT2D eigenvalue weighted by Crippen LogP contribution is -2.11. The molecule has 0 bridgehead atoms. The molecule has 0 fully saturated rings. The van der Waals surface area contributed by atoms with Gasteiger partial charge < -0.3 is 10.1 Å². The second-order valence-corrected chi connectivity index (χ2v) is 6.89. The van der Waals surface area contributed by atoms with Crippen LogP contribution in [0.5, 0.6) is 0 Å². The summed E-state index contributed by atoms with van der Waals surface area (Å²) in [6, 6.07) is 10.4. The third-order valence-electron chi connectivity index (χ3n) is 2.53. The zero-order chi connectivity index (χ0) is 14.4. The molecule has 1 heterocycles. The van der Waals surface area contributed by atoms with Crippen molar-refractivity contribution in [2.45, 2.75) is 4.21 Å². The molecule has 0 spiro atoms. The standard InChI is InChI=1S/C13H16N2O3S2/c1-18-9-8-14-11-4-6-12(7-5-11)15-20(16,17)13-3-2-10-19-13/h2-7,10,14-15H,8-9H2,1H3. The van der Waals surface area contributed by atoms with Crippen LogP contribution in [0.15, 0.2) is 46.0 Å². The van der Waals surface area contributed by atoms with E-state index in [0.717, 1.165) is 5.69 Å². The first-order chi connectivity index (χ1) is 9.62. The van der Waals surface area contributed by atoms with Crippen LogP contribution in [0.2, 0.25) is 0 Å². The smallest absolute Gasteiger partial charge is 0.271 e. The van der Waals surface area contributed by atoms with Crippen molar-refractivity contribution in [3.63, 3.8) is 0 Å². The predicted molar refractivity (Wildman–Crippen MR) is 81.9 cm³/mol. The molecule has 0 saturated carbocycles. The third kappa shape index (κ3) is 3.96. The van der Waals surface area contributed by atoms with E-state index < -0.39 is 10.0 Å². The third-order valence-corrected chi connectivity index (χ3v) is 5.31. The zero-order valence-corrected chi connectivity index (χ0v) is 12.6. The van der Waals surface area contributed by atoms with Gasteiger partial charge in [-0.1, -0.05) is 6.07 Å². The van der Waals surface area contributed by atoms with Crippen molar-refractivity contribution in [1.29, 1.82) is 0 Å². The Bertz CT molecular complexity index is 622. The molecule has 5 nitrogen and oxygen atoms in total. The summed E-state index contributed by atoms with van der Waals surface area (Å²) in [4.78, 5) is 0. The maximum atomic E-state index is 12.0. The van der Waals surface area contributed by atoms with Crippen molar-refractivity contribution < 1.29 is 13.2 Å². The summed E-state index contributed by atoms with van der Waals surface area (Å²) < 4.78 is 31.8. The Labute approximate surface area is 122 Å². The molecule has 0 amide bonds. The van der Waals surface area contributed by atoms with Crippen LogP contribution in [0.4, 0.5) is 11.4 Å². The van der Waals surface area contributed by atoms with Crippen LogP contribution in [0.3, 0.4) is 0 Å². The Morgan fingerprint density at radius 1 is 1.15 bits per heavy atom. The van der Waals surface area contributed by atoms with Gasteiger partial charge in [0.05, 0.1) is 6.61 Å². The Hall–Kier alpha value is -1.57. The van der Waals surface area contributed by atoms with E-state index in [1.165, 1.54) is 11.3 Å². The van der Waals surface area contributed by atoms with Gasteiger partial charge in [0.1, 0.15) is 4.21 Å². The molecule has 108 valence electrons. The lowest BCUT2D eigenvalue weighted by molar-refractivity contribution is 0.211. The van der Waals surface area contributed by atoms with Crippen LogP contribution in [0.25, 0.3) is 0 Å². The molecule has 0 radical (unpaired) electrons. The maximum Gasteiger partial charge on any atom is 0.271 e. The minimum absolute atomic E-state index is 0.305. The number of hydrogen-bond donors (Lipinski definition) is 2. The van der Waals surface area contributed by atoms with E-state index in [1.807, 2.05) is 12.1 Å². The van der Waals surface area contributed by atoms with Crippen LogP contribution in [-0.2, 0) is 14.8 Å². The fourth-order valence-corrected chi connectivity index (χ4v) is 3.63. The van der Waals surface area contributed by atoms with Gasteiger partial charge >= 0.3 is 0 Å². The fraction of sp³-hybridized carbons (Fsp3) is 0.231. The lowest BCUT2D eigenvalue weighted by atomic mass is 10.3. The molecule has 0 aliphatic heterocycles. The molecule has 2 N–H and O–H groups in total. The molecule has 0 aliphatic carbocycles. The van der Waals surface area contributed by atoms with Crippen molar-refractivity contribution in [2.24, 2.45) is 0 Å². The molecular formula is C13H16N2O3S2. The SMILES string of the molecule is COCCNc1ccc(NS(=O)(=O)c2cccs2)cc1.